The molecule has 2 amide bonds. The largest absolute Gasteiger partial charge is 0.496 e. The second kappa shape index (κ2) is 8.03. The van der Waals surface area contributed by atoms with Crippen LogP contribution in [0.2, 0.25) is 0 Å². The minimum absolute atomic E-state index is 0.0113. The van der Waals surface area contributed by atoms with E-state index in [2.05, 4.69) is 11.4 Å². The van der Waals surface area contributed by atoms with Gasteiger partial charge in [-0.2, -0.15) is 0 Å². The number of amides is 2. The van der Waals surface area contributed by atoms with Gasteiger partial charge in [0.2, 0.25) is 0 Å². The second-order valence-electron chi connectivity index (χ2n) is 5.89. The molecule has 0 spiro atoms. The molecule has 1 saturated heterocycles. The van der Waals surface area contributed by atoms with Gasteiger partial charge in [0.25, 0.3) is 0 Å². The summed E-state index contributed by atoms with van der Waals surface area (Å²) in [5.74, 6) is 1.22. The van der Waals surface area contributed by atoms with Crippen molar-refractivity contribution in [3.05, 3.63) is 29.8 Å². The smallest absolute Gasteiger partial charge is 0.317 e. The van der Waals surface area contributed by atoms with Gasteiger partial charge in [-0.25, -0.2) is 4.79 Å². The molecular formula is C17H26N2O3. The topological polar surface area (TPSA) is 61.8 Å². The van der Waals surface area contributed by atoms with E-state index in [4.69, 9.17) is 9.84 Å². The van der Waals surface area contributed by atoms with Gasteiger partial charge in [-0.1, -0.05) is 18.2 Å². The summed E-state index contributed by atoms with van der Waals surface area (Å²) in [6.45, 7) is 3.63. The number of carbonyl (C=O) groups excluding carboxylic acids is 1. The number of aliphatic hydroxyl groups excluding tert-OH is 1. The molecular weight excluding hydrogens is 280 g/mol. The van der Waals surface area contributed by atoms with Crippen molar-refractivity contribution in [3.8, 4) is 5.75 Å². The minimum Gasteiger partial charge on any atom is -0.496 e. The molecule has 0 saturated carbocycles. The molecule has 1 heterocycles. The van der Waals surface area contributed by atoms with Crippen LogP contribution in [-0.2, 0) is 0 Å². The van der Waals surface area contributed by atoms with Crippen molar-refractivity contribution in [2.24, 2.45) is 0 Å². The number of urea groups is 1. The van der Waals surface area contributed by atoms with Gasteiger partial charge in [0.1, 0.15) is 5.75 Å². The minimum atomic E-state index is -0.0113. The SMILES string of the molecule is COc1ccccc1C1CCN(C(=O)NC(C)CCCO)C1. The second-order valence-corrected chi connectivity index (χ2v) is 5.89. The number of benzene rings is 1. The first-order valence-corrected chi connectivity index (χ1v) is 7.95. The number of nitrogens with one attached hydrogen (secondary N) is 1. The van der Waals surface area contributed by atoms with Gasteiger partial charge < -0.3 is 20.1 Å². The zero-order chi connectivity index (χ0) is 15.9. The number of ether oxygens (including phenoxy) is 1. The molecule has 0 radical (unpaired) electrons. The van der Waals surface area contributed by atoms with E-state index in [0.717, 1.165) is 31.7 Å². The van der Waals surface area contributed by atoms with Gasteiger partial charge in [0.15, 0.2) is 0 Å². The highest BCUT2D eigenvalue weighted by Crippen LogP contribution is 2.33. The van der Waals surface area contributed by atoms with Gasteiger partial charge in [-0.15, -0.1) is 0 Å². The number of nitrogens with zero attached hydrogens (tertiary/aromatic N) is 1. The van der Waals surface area contributed by atoms with Gasteiger partial charge >= 0.3 is 6.03 Å². The van der Waals surface area contributed by atoms with E-state index >= 15 is 0 Å². The Hall–Kier alpha value is -1.75. The number of carbonyl (C=O) groups is 1. The predicted octanol–water partition coefficient (Wildman–Crippen LogP) is 2.36. The normalized spacial score (nSPS) is 19.0. The Morgan fingerprint density at radius 1 is 1.50 bits per heavy atom. The van der Waals surface area contributed by atoms with Crippen LogP contribution in [0.4, 0.5) is 4.79 Å². The molecule has 0 aromatic heterocycles. The monoisotopic (exact) mass is 306 g/mol. The van der Waals surface area contributed by atoms with Gasteiger partial charge in [-0.3, -0.25) is 0 Å². The van der Waals surface area contributed by atoms with Crippen molar-refractivity contribution in [1.29, 1.82) is 0 Å². The summed E-state index contributed by atoms with van der Waals surface area (Å²) < 4.78 is 5.42. The Balaban J connectivity index is 1.90. The fraction of sp³-hybridized carbons (Fsp3) is 0.588. The molecule has 5 nitrogen and oxygen atoms in total. The van der Waals surface area contributed by atoms with E-state index in [1.807, 2.05) is 30.0 Å². The third-order valence-electron chi connectivity index (χ3n) is 4.22. The summed E-state index contributed by atoms with van der Waals surface area (Å²) in [5, 5.41) is 11.8. The van der Waals surface area contributed by atoms with E-state index in [-0.39, 0.29) is 18.7 Å². The van der Waals surface area contributed by atoms with Crippen LogP contribution < -0.4 is 10.1 Å². The molecule has 1 aromatic rings. The lowest BCUT2D eigenvalue weighted by Crippen LogP contribution is -2.42. The fourth-order valence-electron chi connectivity index (χ4n) is 2.97. The molecule has 1 aromatic carbocycles. The number of para-hydroxylation sites is 1. The maximum Gasteiger partial charge on any atom is 0.317 e. The number of aliphatic hydroxyl groups is 1. The van der Waals surface area contributed by atoms with Crippen LogP contribution in [-0.4, -0.2) is 48.9 Å². The summed E-state index contributed by atoms with van der Waals surface area (Å²) >= 11 is 0. The molecule has 2 N–H and O–H groups in total. The zero-order valence-electron chi connectivity index (χ0n) is 13.4. The van der Waals surface area contributed by atoms with Crippen molar-refractivity contribution < 1.29 is 14.6 Å². The molecule has 1 fully saturated rings. The summed E-state index contributed by atoms with van der Waals surface area (Å²) in [6.07, 6.45) is 2.47. The predicted molar refractivity (Wildman–Crippen MR) is 86.2 cm³/mol. The average Bonchev–Trinajstić information content (AvgIpc) is 3.02. The summed E-state index contributed by atoms with van der Waals surface area (Å²) in [5.41, 5.74) is 1.17. The van der Waals surface area contributed by atoms with Crippen molar-refractivity contribution in [3.63, 3.8) is 0 Å². The van der Waals surface area contributed by atoms with Crippen molar-refractivity contribution in [2.75, 3.05) is 26.8 Å². The number of hydrogen-bond donors (Lipinski definition) is 2. The molecule has 2 unspecified atom stereocenters. The lowest BCUT2D eigenvalue weighted by molar-refractivity contribution is 0.202. The molecule has 1 aliphatic heterocycles. The lowest BCUT2D eigenvalue weighted by Gasteiger charge is -2.21. The van der Waals surface area contributed by atoms with Crippen LogP contribution in [0.15, 0.2) is 24.3 Å². The molecule has 1 aliphatic rings. The number of rotatable bonds is 6. The van der Waals surface area contributed by atoms with Crippen molar-refractivity contribution >= 4 is 6.03 Å². The Morgan fingerprint density at radius 3 is 3.00 bits per heavy atom. The highest BCUT2D eigenvalue weighted by Gasteiger charge is 2.29. The summed E-state index contributed by atoms with van der Waals surface area (Å²) in [4.78, 5) is 14.1. The number of likely N-dealkylation sites (tertiary alicyclic amines) is 1. The quantitative estimate of drug-likeness (QED) is 0.848. The Labute approximate surface area is 132 Å². The van der Waals surface area contributed by atoms with Crippen LogP contribution in [0.1, 0.15) is 37.7 Å². The van der Waals surface area contributed by atoms with Crippen LogP contribution in [0.5, 0.6) is 5.75 Å². The summed E-state index contributed by atoms with van der Waals surface area (Å²) in [7, 11) is 1.68. The van der Waals surface area contributed by atoms with Crippen molar-refractivity contribution in [2.45, 2.75) is 38.1 Å². The van der Waals surface area contributed by atoms with E-state index in [1.165, 1.54) is 5.56 Å². The van der Waals surface area contributed by atoms with Crippen LogP contribution in [0.25, 0.3) is 0 Å². The molecule has 122 valence electrons. The van der Waals surface area contributed by atoms with E-state index in [0.29, 0.717) is 12.3 Å². The Kier molecular flexibility index (Phi) is 6.07. The lowest BCUT2D eigenvalue weighted by atomic mass is 9.97. The van der Waals surface area contributed by atoms with Crippen LogP contribution in [0, 0.1) is 0 Å². The third-order valence-corrected chi connectivity index (χ3v) is 4.22. The van der Waals surface area contributed by atoms with Crippen molar-refractivity contribution in [1.82, 2.24) is 10.2 Å². The van der Waals surface area contributed by atoms with E-state index < -0.39 is 0 Å². The Morgan fingerprint density at radius 2 is 2.27 bits per heavy atom. The number of hydrogen-bond acceptors (Lipinski definition) is 3. The fourth-order valence-corrected chi connectivity index (χ4v) is 2.97. The summed E-state index contributed by atoms with van der Waals surface area (Å²) in [6, 6.07) is 8.10. The third kappa shape index (κ3) is 4.13. The maximum absolute atomic E-state index is 12.3. The van der Waals surface area contributed by atoms with Gasteiger partial charge in [-0.05, 0) is 37.8 Å². The highest BCUT2D eigenvalue weighted by atomic mass is 16.5. The van der Waals surface area contributed by atoms with Gasteiger partial charge in [0.05, 0.1) is 7.11 Å². The Bertz CT molecular complexity index is 493. The molecule has 22 heavy (non-hydrogen) atoms. The first kappa shape index (κ1) is 16.6. The highest BCUT2D eigenvalue weighted by molar-refractivity contribution is 5.75. The standard InChI is InChI=1S/C17H26N2O3/c1-13(6-5-11-20)18-17(21)19-10-9-14(12-19)15-7-3-4-8-16(15)22-2/h3-4,7-8,13-14,20H,5-6,9-12H2,1-2H3,(H,18,21). The molecule has 2 rings (SSSR count). The number of methoxy groups -OCH3 is 1. The molecule has 5 heteroatoms. The molecule has 0 aliphatic carbocycles. The van der Waals surface area contributed by atoms with E-state index in [1.54, 1.807) is 7.11 Å². The average molecular weight is 306 g/mol. The first-order chi connectivity index (χ1) is 10.7. The zero-order valence-corrected chi connectivity index (χ0v) is 13.4. The maximum atomic E-state index is 12.3. The van der Waals surface area contributed by atoms with Gasteiger partial charge in [0, 0.05) is 31.7 Å². The molecule has 2 atom stereocenters. The van der Waals surface area contributed by atoms with Crippen LogP contribution >= 0.6 is 0 Å². The first-order valence-electron chi connectivity index (χ1n) is 7.95. The molecule has 0 bridgehead atoms. The van der Waals surface area contributed by atoms with E-state index in [9.17, 15) is 4.79 Å². The van der Waals surface area contributed by atoms with Crippen LogP contribution in [0.3, 0.4) is 0 Å².